The molecule has 228 valence electrons. The van der Waals surface area contributed by atoms with E-state index in [0.29, 0.717) is 89.0 Å². The highest BCUT2D eigenvalue weighted by Gasteiger charge is 2.18. The average molecular weight is 591 g/mol. The molecule has 0 bridgehead atoms. The molecule has 0 aliphatic carbocycles. The van der Waals surface area contributed by atoms with Crippen molar-refractivity contribution in [1.82, 2.24) is 9.97 Å². The number of oxazole rings is 2. The number of hydrogen-bond donors (Lipinski definition) is 0. The molecule has 0 aliphatic heterocycles. The molecule has 2 aromatic heterocycles. The van der Waals surface area contributed by atoms with Crippen molar-refractivity contribution in [3.63, 3.8) is 0 Å². The smallest absolute Gasteiger partial charge is 0.227 e. The van der Waals surface area contributed by atoms with Crippen LogP contribution >= 0.6 is 0 Å². The average Bonchev–Trinajstić information content (AvgIpc) is 3.66. The van der Waals surface area contributed by atoms with E-state index in [2.05, 4.69) is 0 Å². The highest BCUT2D eigenvalue weighted by molar-refractivity contribution is 5.95. The molecule has 0 saturated heterocycles. The van der Waals surface area contributed by atoms with E-state index < -0.39 is 0 Å². The highest BCUT2D eigenvalue weighted by atomic mass is 16.5. The Balaban J connectivity index is 1.19. The zero-order chi connectivity index (χ0) is 29.9. The molecule has 0 amide bonds. The molecular weight excluding hydrogens is 552 g/mol. The number of nitrogens with zero attached hydrogens (tertiary/aromatic N) is 2. The summed E-state index contributed by atoms with van der Waals surface area (Å²) in [4.78, 5) is 9.46. The van der Waals surface area contributed by atoms with Crippen LogP contribution in [0.2, 0.25) is 0 Å². The van der Waals surface area contributed by atoms with Crippen molar-refractivity contribution in [1.29, 1.82) is 0 Å². The van der Waals surface area contributed by atoms with Gasteiger partial charge in [0, 0.05) is 29.9 Å². The van der Waals surface area contributed by atoms with Crippen LogP contribution in [0, 0.1) is 6.92 Å². The molecule has 0 N–H and O–H groups in total. The second-order valence-corrected chi connectivity index (χ2v) is 9.60. The second kappa shape index (κ2) is 15.5. The summed E-state index contributed by atoms with van der Waals surface area (Å²) >= 11 is 0. The van der Waals surface area contributed by atoms with Crippen LogP contribution < -0.4 is 9.47 Å². The molecule has 0 radical (unpaired) electrons. The first kappa shape index (κ1) is 30.5. The van der Waals surface area contributed by atoms with Gasteiger partial charge < -0.3 is 37.3 Å². The fourth-order valence-electron chi connectivity index (χ4n) is 4.43. The lowest BCUT2D eigenvalue weighted by molar-refractivity contribution is 0.0405. The predicted molar refractivity (Wildman–Crippen MR) is 163 cm³/mol. The molecular formula is C33H38N2O8. The van der Waals surface area contributed by atoms with Gasteiger partial charge in [0.25, 0.3) is 0 Å². The van der Waals surface area contributed by atoms with Crippen LogP contribution in [0.5, 0.6) is 11.5 Å². The van der Waals surface area contributed by atoms with E-state index in [-0.39, 0.29) is 0 Å². The van der Waals surface area contributed by atoms with Gasteiger partial charge in [-0.05, 0) is 75.4 Å². The molecule has 43 heavy (non-hydrogen) atoms. The first-order valence-corrected chi connectivity index (χ1v) is 14.6. The minimum absolute atomic E-state index is 0.463. The predicted octanol–water partition coefficient (Wildman–Crippen LogP) is 6.48. The summed E-state index contributed by atoms with van der Waals surface area (Å²) in [6.07, 6.45) is 0. The van der Waals surface area contributed by atoms with Gasteiger partial charge in [0.2, 0.25) is 11.8 Å². The van der Waals surface area contributed by atoms with Crippen molar-refractivity contribution in [2.75, 3.05) is 66.1 Å². The van der Waals surface area contributed by atoms with E-state index in [4.69, 9.17) is 47.2 Å². The Morgan fingerprint density at radius 2 is 0.930 bits per heavy atom. The summed E-state index contributed by atoms with van der Waals surface area (Å²) in [5, 5.41) is 0. The van der Waals surface area contributed by atoms with Gasteiger partial charge in [0.15, 0.2) is 11.2 Å². The third-order valence-corrected chi connectivity index (χ3v) is 6.61. The van der Waals surface area contributed by atoms with Crippen molar-refractivity contribution in [3.8, 4) is 34.4 Å². The number of hydrogen-bond acceptors (Lipinski definition) is 10. The Hall–Kier alpha value is -3.96. The Kier molecular flexibility index (Phi) is 11.0. The van der Waals surface area contributed by atoms with E-state index in [1.165, 1.54) is 0 Å². The van der Waals surface area contributed by atoms with E-state index in [1.807, 2.05) is 75.4 Å². The van der Waals surface area contributed by atoms with Crippen molar-refractivity contribution in [2.24, 2.45) is 0 Å². The first-order chi connectivity index (χ1) is 21.2. The van der Waals surface area contributed by atoms with Gasteiger partial charge in [-0.25, -0.2) is 9.97 Å². The number of rotatable bonds is 18. The summed E-state index contributed by atoms with van der Waals surface area (Å²) in [6.45, 7) is 11.5. The summed E-state index contributed by atoms with van der Waals surface area (Å²) in [6, 6.07) is 17.2. The largest absolute Gasteiger partial charge is 0.491 e. The summed E-state index contributed by atoms with van der Waals surface area (Å²) < 4.78 is 45.4. The highest BCUT2D eigenvalue weighted by Crippen LogP contribution is 2.34. The first-order valence-electron chi connectivity index (χ1n) is 14.6. The minimum atomic E-state index is 0.463. The number of benzene rings is 3. The van der Waals surface area contributed by atoms with E-state index >= 15 is 0 Å². The minimum Gasteiger partial charge on any atom is -0.491 e. The molecule has 0 unspecified atom stereocenters. The van der Waals surface area contributed by atoms with Crippen molar-refractivity contribution in [2.45, 2.75) is 20.8 Å². The van der Waals surface area contributed by atoms with E-state index in [1.54, 1.807) is 0 Å². The van der Waals surface area contributed by atoms with Crippen LogP contribution in [0.4, 0.5) is 0 Å². The molecule has 10 nitrogen and oxygen atoms in total. The maximum atomic E-state index is 6.18. The normalized spacial score (nSPS) is 11.5. The van der Waals surface area contributed by atoms with Gasteiger partial charge in [-0.3, -0.25) is 0 Å². The molecule has 0 aliphatic rings. The second-order valence-electron chi connectivity index (χ2n) is 9.60. The topological polar surface area (TPSA) is 107 Å². The standard InChI is InChI=1S/C33H38N2O8/c1-4-36-14-16-38-18-20-40-26-10-6-24(7-11-26)32-34-28-22-29-31(23(3)30(28)42-32)43-33(35-29)25-8-12-27(13-9-25)41-21-19-39-17-15-37-5-2/h6-13,22H,4-5,14-21H2,1-3H3. The van der Waals surface area contributed by atoms with Gasteiger partial charge in [0.1, 0.15) is 35.7 Å². The van der Waals surface area contributed by atoms with Gasteiger partial charge in [-0.15, -0.1) is 0 Å². The number of fused-ring (bicyclic) bond motifs is 2. The van der Waals surface area contributed by atoms with Crippen molar-refractivity contribution >= 4 is 22.2 Å². The number of aromatic nitrogens is 2. The van der Waals surface area contributed by atoms with Gasteiger partial charge >= 0.3 is 0 Å². The number of aryl methyl sites for hydroxylation is 1. The third kappa shape index (κ3) is 8.11. The molecule has 3 aromatic carbocycles. The Bertz CT molecular complexity index is 1450. The molecule has 10 heteroatoms. The fraction of sp³-hybridized carbons (Fsp3) is 0.394. The van der Waals surface area contributed by atoms with Crippen LogP contribution in [0.3, 0.4) is 0 Å². The quantitative estimate of drug-likeness (QED) is 0.105. The lowest BCUT2D eigenvalue weighted by atomic mass is 10.2. The third-order valence-electron chi connectivity index (χ3n) is 6.61. The molecule has 2 heterocycles. The van der Waals surface area contributed by atoms with E-state index in [0.717, 1.165) is 39.2 Å². The monoisotopic (exact) mass is 590 g/mol. The summed E-state index contributed by atoms with van der Waals surface area (Å²) in [5.74, 6) is 2.54. The van der Waals surface area contributed by atoms with Gasteiger partial charge in [-0.2, -0.15) is 0 Å². The lowest BCUT2D eigenvalue weighted by Gasteiger charge is -2.07. The molecule has 0 atom stereocenters. The molecule has 0 spiro atoms. The molecule has 0 saturated carbocycles. The summed E-state index contributed by atoms with van der Waals surface area (Å²) in [7, 11) is 0. The van der Waals surface area contributed by atoms with Crippen molar-refractivity contribution < 1.29 is 37.3 Å². The maximum absolute atomic E-state index is 6.18. The van der Waals surface area contributed by atoms with Crippen LogP contribution in [0.1, 0.15) is 19.4 Å². The van der Waals surface area contributed by atoms with Crippen LogP contribution in [-0.4, -0.2) is 76.0 Å². The Morgan fingerprint density at radius 3 is 1.35 bits per heavy atom. The van der Waals surface area contributed by atoms with Gasteiger partial charge in [0.05, 0.1) is 39.6 Å². The zero-order valence-corrected chi connectivity index (χ0v) is 24.9. The SMILES string of the molecule is CCOCCOCCOc1ccc(-c2nc3cc4nc(-c5ccc(OCCOCCOCC)cc5)oc4c(C)c3o2)cc1. The lowest BCUT2D eigenvalue weighted by Crippen LogP contribution is -2.10. The van der Waals surface area contributed by atoms with Crippen LogP contribution in [0.15, 0.2) is 63.4 Å². The Labute approximate surface area is 250 Å². The molecule has 5 rings (SSSR count). The maximum Gasteiger partial charge on any atom is 0.227 e. The van der Waals surface area contributed by atoms with Crippen LogP contribution in [0.25, 0.3) is 45.1 Å². The number of ether oxygens (including phenoxy) is 6. The van der Waals surface area contributed by atoms with Crippen molar-refractivity contribution in [3.05, 3.63) is 60.2 Å². The van der Waals surface area contributed by atoms with E-state index in [9.17, 15) is 0 Å². The van der Waals surface area contributed by atoms with Gasteiger partial charge in [-0.1, -0.05) is 0 Å². The Morgan fingerprint density at radius 1 is 0.535 bits per heavy atom. The molecule has 5 aromatic rings. The fourth-order valence-corrected chi connectivity index (χ4v) is 4.43. The molecule has 0 fully saturated rings. The summed E-state index contributed by atoms with van der Waals surface area (Å²) in [5.41, 5.74) is 5.32. The van der Waals surface area contributed by atoms with Crippen LogP contribution in [-0.2, 0) is 18.9 Å². The zero-order valence-electron chi connectivity index (χ0n) is 24.9.